The van der Waals surface area contributed by atoms with Crippen molar-refractivity contribution in [3.63, 3.8) is 0 Å². The SMILES string of the molecule is O=C(NN1CCCCC1)c1cccc2c1C(c1ccc(Cl)cn1)=Nc1ccccc1S2. The van der Waals surface area contributed by atoms with Gasteiger partial charge in [0.1, 0.15) is 0 Å². The minimum atomic E-state index is -0.119. The number of para-hydroxylation sites is 1. The molecule has 0 saturated carbocycles. The van der Waals surface area contributed by atoms with E-state index in [2.05, 4.69) is 10.4 Å². The fraction of sp³-hybridized carbons (Fsp3) is 0.208. The molecule has 1 fully saturated rings. The highest BCUT2D eigenvalue weighted by Gasteiger charge is 2.26. The average Bonchev–Trinajstić information content (AvgIpc) is 2.97. The molecule has 3 aromatic rings. The van der Waals surface area contributed by atoms with Crippen molar-refractivity contribution in [2.45, 2.75) is 29.1 Å². The summed E-state index contributed by atoms with van der Waals surface area (Å²) >= 11 is 7.70. The number of fused-ring (bicyclic) bond motifs is 2. The van der Waals surface area contributed by atoms with Crippen molar-refractivity contribution >= 4 is 40.7 Å². The molecule has 0 spiro atoms. The standard InChI is InChI=1S/C24H21ClN4OS/c25-16-11-12-19(26-15-16)23-22-17(24(30)28-29-13-4-1-5-14-29)7-6-10-21(22)31-20-9-3-2-8-18(20)27-23/h2-3,6-12,15H,1,4-5,13-14H2,(H,28,30). The topological polar surface area (TPSA) is 57.6 Å². The number of amides is 1. The number of rotatable bonds is 3. The maximum Gasteiger partial charge on any atom is 0.266 e. The molecule has 0 aliphatic carbocycles. The van der Waals surface area contributed by atoms with E-state index in [9.17, 15) is 4.79 Å². The zero-order valence-corrected chi connectivity index (χ0v) is 18.4. The van der Waals surface area contributed by atoms with Crippen molar-refractivity contribution in [1.82, 2.24) is 15.4 Å². The fourth-order valence-corrected chi connectivity index (χ4v) is 5.06. The molecule has 1 N–H and O–H groups in total. The molecule has 156 valence electrons. The second kappa shape index (κ2) is 8.83. The lowest BCUT2D eigenvalue weighted by molar-refractivity contribution is 0.0749. The summed E-state index contributed by atoms with van der Waals surface area (Å²) in [4.78, 5) is 24.8. The van der Waals surface area contributed by atoms with Crippen LogP contribution in [0.2, 0.25) is 5.02 Å². The van der Waals surface area contributed by atoms with Gasteiger partial charge >= 0.3 is 0 Å². The van der Waals surface area contributed by atoms with Crippen LogP contribution >= 0.6 is 23.4 Å². The van der Waals surface area contributed by atoms with Gasteiger partial charge in [-0.1, -0.05) is 48.0 Å². The molecule has 0 radical (unpaired) electrons. The Morgan fingerprint density at radius 1 is 0.968 bits per heavy atom. The number of halogens is 1. The molecule has 0 unspecified atom stereocenters. The Labute approximate surface area is 190 Å². The maximum absolute atomic E-state index is 13.3. The number of nitrogens with one attached hydrogen (secondary N) is 1. The zero-order chi connectivity index (χ0) is 21.2. The summed E-state index contributed by atoms with van der Waals surface area (Å²) in [5.41, 5.74) is 6.71. The number of aromatic nitrogens is 1. The Bertz CT molecular complexity index is 1160. The van der Waals surface area contributed by atoms with Gasteiger partial charge in [-0.05, 0) is 49.2 Å². The molecule has 3 heterocycles. The average molecular weight is 449 g/mol. The highest BCUT2D eigenvalue weighted by Crippen LogP contribution is 2.42. The smallest absolute Gasteiger partial charge is 0.266 e. The number of pyridine rings is 1. The summed E-state index contributed by atoms with van der Waals surface area (Å²) in [5, 5.41) is 2.57. The summed E-state index contributed by atoms with van der Waals surface area (Å²) in [6.07, 6.45) is 5.01. The second-order valence-electron chi connectivity index (χ2n) is 7.56. The van der Waals surface area contributed by atoms with Crippen LogP contribution in [0.3, 0.4) is 0 Å². The first kappa shape index (κ1) is 20.2. The van der Waals surface area contributed by atoms with Gasteiger partial charge < -0.3 is 0 Å². The molecule has 5 nitrogen and oxygen atoms in total. The lowest BCUT2D eigenvalue weighted by atomic mass is 9.99. The van der Waals surface area contributed by atoms with Gasteiger partial charge in [0.25, 0.3) is 5.91 Å². The number of hydrazine groups is 1. The van der Waals surface area contributed by atoms with E-state index in [1.54, 1.807) is 24.0 Å². The number of benzene rings is 2. The largest absolute Gasteiger partial charge is 0.285 e. The van der Waals surface area contributed by atoms with E-state index < -0.39 is 0 Å². The Morgan fingerprint density at radius 3 is 2.58 bits per heavy atom. The van der Waals surface area contributed by atoms with Crippen molar-refractivity contribution in [3.05, 3.63) is 82.6 Å². The number of carbonyl (C=O) groups is 1. The van der Waals surface area contributed by atoms with E-state index >= 15 is 0 Å². The predicted octanol–water partition coefficient (Wildman–Crippen LogP) is 5.50. The molecule has 7 heteroatoms. The lowest BCUT2D eigenvalue weighted by Crippen LogP contribution is -2.45. The molecule has 1 amide bonds. The van der Waals surface area contributed by atoms with Gasteiger partial charge in [-0.3, -0.25) is 15.2 Å². The zero-order valence-electron chi connectivity index (χ0n) is 16.8. The van der Waals surface area contributed by atoms with Crippen LogP contribution in [-0.2, 0) is 0 Å². The molecular formula is C24H21ClN4OS. The Morgan fingerprint density at radius 2 is 1.77 bits per heavy atom. The van der Waals surface area contributed by atoms with Gasteiger partial charge in [-0.15, -0.1) is 0 Å². The van der Waals surface area contributed by atoms with Gasteiger partial charge in [0.15, 0.2) is 0 Å². The van der Waals surface area contributed by atoms with Gasteiger partial charge in [-0.2, -0.15) is 0 Å². The van der Waals surface area contributed by atoms with E-state index in [1.165, 1.54) is 6.42 Å². The Balaban J connectivity index is 1.63. The van der Waals surface area contributed by atoms with Gasteiger partial charge in [-0.25, -0.2) is 10.0 Å². The number of nitrogens with zero attached hydrogens (tertiary/aromatic N) is 3. The predicted molar refractivity (Wildman–Crippen MR) is 124 cm³/mol. The lowest BCUT2D eigenvalue weighted by Gasteiger charge is -2.27. The van der Waals surface area contributed by atoms with E-state index in [0.717, 1.165) is 47.0 Å². The van der Waals surface area contributed by atoms with E-state index in [1.807, 2.05) is 53.5 Å². The number of piperidine rings is 1. The van der Waals surface area contributed by atoms with E-state index in [0.29, 0.717) is 22.0 Å². The van der Waals surface area contributed by atoms with Gasteiger partial charge in [0.05, 0.1) is 27.7 Å². The van der Waals surface area contributed by atoms with E-state index in [-0.39, 0.29) is 5.91 Å². The monoisotopic (exact) mass is 448 g/mol. The molecule has 2 aromatic carbocycles. The molecule has 1 aromatic heterocycles. The first-order chi connectivity index (χ1) is 15.2. The fourth-order valence-electron chi connectivity index (χ4n) is 3.89. The second-order valence-corrected chi connectivity index (χ2v) is 9.08. The molecular weight excluding hydrogens is 428 g/mol. The summed E-state index contributed by atoms with van der Waals surface area (Å²) < 4.78 is 0. The summed E-state index contributed by atoms with van der Waals surface area (Å²) in [6, 6.07) is 17.5. The van der Waals surface area contributed by atoms with Crippen molar-refractivity contribution < 1.29 is 4.79 Å². The number of carbonyl (C=O) groups excluding carboxylic acids is 1. The minimum Gasteiger partial charge on any atom is -0.285 e. The molecule has 31 heavy (non-hydrogen) atoms. The molecule has 0 atom stereocenters. The van der Waals surface area contributed by atoms with Crippen LogP contribution in [0.1, 0.15) is 40.9 Å². The minimum absolute atomic E-state index is 0.119. The highest BCUT2D eigenvalue weighted by atomic mass is 35.5. The summed E-state index contributed by atoms with van der Waals surface area (Å²) in [5.74, 6) is -0.119. The molecule has 2 aliphatic heterocycles. The number of aliphatic imine (C=N–C) groups is 1. The van der Waals surface area contributed by atoms with Crippen molar-refractivity contribution in [2.75, 3.05) is 13.1 Å². The maximum atomic E-state index is 13.3. The highest BCUT2D eigenvalue weighted by molar-refractivity contribution is 7.99. The molecule has 5 rings (SSSR count). The summed E-state index contributed by atoms with van der Waals surface area (Å²) in [7, 11) is 0. The molecule has 1 saturated heterocycles. The van der Waals surface area contributed by atoms with Crippen molar-refractivity contribution in [2.24, 2.45) is 4.99 Å². The molecule has 2 aliphatic rings. The summed E-state index contributed by atoms with van der Waals surface area (Å²) in [6.45, 7) is 1.75. The van der Waals surface area contributed by atoms with Crippen molar-refractivity contribution in [1.29, 1.82) is 0 Å². The van der Waals surface area contributed by atoms with Gasteiger partial charge in [0.2, 0.25) is 0 Å². The third-order valence-electron chi connectivity index (χ3n) is 5.41. The van der Waals surface area contributed by atoms with Crippen LogP contribution < -0.4 is 5.43 Å². The van der Waals surface area contributed by atoms with E-state index in [4.69, 9.17) is 16.6 Å². The van der Waals surface area contributed by atoms with Crippen LogP contribution in [0.25, 0.3) is 0 Å². The first-order valence-corrected chi connectivity index (χ1v) is 11.6. The molecule has 0 bridgehead atoms. The Hall–Kier alpha value is -2.67. The third-order valence-corrected chi connectivity index (χ3v) is 6.76. The van der Waals surface area contributed by atoms with Crippen LogP contribution in [0, 0.1) is 0 Å². The van der Waals surface area contributed by atoms with Crippen molar-refractivity contribution in [3.8, 4) is 0 Å². The first-order valence-electron chi connectivity index (χ1n) is 10.4. The third kappa shape index (κ3) is 4.24. The van der Waals surface area contributed by atoms with Gasteiger partial charge in [0, 0.05) is 34.6 Å². The normalized spacial score (nSPS) is 16.0. The number of hydrogen-bond acceptors (Lipinski definition) is 5. The number of hydrogen-bond donors (Lipinski definition) is 1. The van der Waals surface area contributed by atoms with Crippen LogP contribution in [0.15, 0.2) is 75.6 Å². The van der Waals surface area contributed by atoms with Crippen LogP contribution in [-0.4, -0.2) is 34.7 Å². The quantitative estimate of drug-likeness (QED) is 0.449. The van der Waals surface area contributed by atoms with Crippen LogP contribution in [0.4, 0.5) is 5.69 Å². The van der Waals surface area contributed by atoms with Crippen LogP contribution in [0.5, 0.6) is 0 Å². The Kier molecular flexibility index (Phi) is 5.76.